The summed E-state index contributed by atoms with van der Waals surface area (Å²) in [7, 11) is 0. The molecule has 98 valence electrons. The first-order valence-corrected chi connectivity index (χ1v) is 6.60. The summed E-state index contributed by atoms with van der Waals surface area (Å²) in [6.45, 7) is 1.74. The van der Waals surface area contributed by atoms with E-state index in [9.17, 15) is 14.3 Å². The van der Waals surface area contributed by atoms with Gasteiger partial charge in [-0.05, 0) is 71.5 Å². The third-order valence-electron chi connectivity index (χ3n) is 2.50. The third kappa shape index (κ3) is 3.44. The predicted molar refractivity (Wildman–Crippen MR) is 79.9 cm³/mol. The Morgan fingerprint density at radius 1 is 1.26 bits per heavy atom. The van der Waals surface area contributed by atoms with E-state index in [1.165, 1.54) is 18.2 Å². The van der Waals surface area contributed by atoms with Crippen LogP contribution in [0.5, 0.6) is 5.75 Å². The molecule has 2 N–H and O–H groups in total. The van der Waals surface area contributed by atoms with E-state index >= 15 is 0 Å². The van der Waals surface area contributed by atoms with Crippen molar-refractivity contribution in [2.45, 2.75) is 6.92 Å². The molecule has 0 aliphatic heterocycles. The molecular weight excluding hydrogens is 360 g/mol. The van der Waals surface area contributed by atoms with Gasteiger partial charge in [-0.3, -0.25) is 4.79 Å². The zero-order valence-corrected chi connectivity index (χ0v) is 12.2. The number of aryl methyl sites for hydroxylation is 1. The summed E-state index contributed by atoms with van der Waals surface area (Å²) < 4.78 is 14.1. The topological polar surface area (TPSA) is 49.3 Å². The summed E-state index contributed by atoms with van der Waals surface area (Å²) in [5, 5.41) is 12.2. The molecular formula is C14H11FINO2. The van der Waals surface area contributed by atoms with Gasteiger partial charge in [0.15, 0.2) is 0 Å². The lowest BCUT2D eigenvalue weighted by Crippen LogP contribution is -2.12. The molecule has 19 heavy (non-hydrogen) atoms. The van der Waals surface area contributed by atoms with Crippen LogP contribution in [0.2, 0.25) is 0 Å². The van der Waals surface area contributed by atoms with Crippen molar-refractivity contribution in [3.8, 4) is 5.75 Å². The number of hydrogen-bond acceptors (Lipinski definition) is 2. The number of anilines is 1. The highest BCUT2D eigenvalue weighted by Crippen LogP contribution is 2.21. The predicted octanol–water partition coefficient (Wildman–Crippen LogP) is 3.70. The van der Waals surface area contributed by atoms with Gasteiger partial charge < -0.3 is 10.4 Å². The highest BCUT2D eigenvalue weighted by atomic mass is 127. The number of rotatable bonds is 2. The maximum absolute atomic E-state index is 13.2. The maximum Gasteiger partial charge on any atom is 0.259 e. The van der Waals surface area contributed by atoms with Crippen LogP contribution in [0.3, 0.4) is 0 Å². The van der Waals surface area contributed by atoms with Crippen LogP contribution in [0.1, 0.15) is 15.9 Å². The second kappa shape index (κ2) is 5.56. The fourth-order valence-corrected chi connectivity index (χ4v) is 2.19. The van der Waals surface area contributed by atoms with Gasteiger partial charge in [-0.2, -0.15) is 0 Å². The summed E-state index contributed by atoms with van der Waals surface area (Å²) in [6, 6.07) is 8.98. The molecule has 0 bridgehead atoms. The maximum atomic E-state index is 13.2. The average molecular weight is 371 g/mol. The molecule has 0 heterocycles. The van der Waals surface area contributed by atoms with E-state index in [0.717, 1.165) is 3.57 Å². The molecule has 0 unspecified atom stereocenters. The van der Waals surface area contributed by atoms with Gasteiger partial charge in [-0.1, -0.05) is 0 Å². The summed E-state index contributed by atoms with van der Waals surface area (Å²) in [5.41, 5.74) is 1.23. The lowest BCUT2D eigenvalue weighted by atomic mass is 10.1. The van der Waals surface area contributed by atoms with E-state index in [1.807, 2.05) is 22.6 Å². The number of nitrogens with one attached hydrogen (secondary N) is 1. The number of hydrogen-bond donors (Lipinski definition) is 2. The van der Waals surface area contributed by atoms with Crippen molar-refractivity contribution in [3.63, 3.8) is 0 Å². The number of phenolic OH excluding ortho intramolecular Hbond substituents is 1. The summed E-state index contributed by atoms with van der Waals surface area (Å²) in [6.07, 6.45) is 0. The van der Waals surface area contributed by atoms with E-state index < -0.39 is 11.7 Å². The van der Waals surface area contributed by atoms with Crippen LogP contribution < -0.4 is 5.32 Å². The number of aromatic hydroxyl groups is 1. The molecule has 0 saturated carbocycles. The molecule has 0 saturated heterocycles. The zero-order valence-electron chi connectivity index (χ0n) is 10.1. The molecule has 2 rings (SSSR count). The van der Waals surface area contributed by atoms with E-state index in [2.05, 4.69) is 5.32 Å². The van der Waals surface area contributed by atoms with Crippen molar-refractivity contribution in [2.75, 3.05) is 5.32 Å². The van der Waals surface area contributed by atoms with Crippen molar-refractivity contribution in [1.82, 2.24) is 0 Å². The largest absolute Gasteiger partial charge is 0.507 e. The number of carbonyl (C=O) groups excluding carboxylic acids is 1. The second-order valence-corrected chi connectivity index (χ2v) is 5.38. The van der Waals surface area contributed by atoms with Gasteiger partial charge in [0, 0.05) is 9.26 Å². The molecule has 0 fully saturated rings. The fraction of sp³-hybridized carbons (Fsp3) is 0.0714. The van der Waals surface area contributed by atoms with E-state index in [4.69, 9.17) is 0 Å². The molecule has 2 aromatic carbocycles. The molecule has 0 atom stereocenters. The highest BCUT2D eigenvalue weighted by molar-refractivity contribution is 14.1. The van der Waals surface area contributed by atoms with Gasteiger partial charge in [0.05, 0.1) is 5.56 Å². The number of halogens is 2. The molecule has 1 amide bonds. The number of carbonyl (C=O) groups is 1. The first-order valence-electron chi connectivity index (χ1n) is 5.53. The molecule has 0 aliphatic carbocycles. The summed E-state index contributed by atoms with van der Waals surface area (Å²) in [4.78, 5) is 12.0. The van der Waals surface area contributed by atoms with Crippen LogP contribution in [0.25, 0.3) is 0 Å². The molecule has 0 radical (unpaired) electrons. The van der Waals surface area contributed by atoms with Crippen LogP contribution in [0, 0.1) is 16.3 Å². The standard InChI is InChI=1S/C14H11FINO2/c1-8-4-9(15)6-11(5-8)17-14(19)12-7-10(16)2-3-13(12)18/h2-7,18H,1H3,(H,17,19). The van der Waals surface area contributed by atoms with Crippen LogP contribution in [-0.2, 0) is 0 Å². The minimum Gasteiger partial charge on any atom is -0.507 e. The smallest absolute Gasteiger partial charge is 0.259 e. The van der Waals surface area contributed by atoms with Crippen molar-refractivity contribution >= 4 is 34.2 Å². The number of benzene rings is 2. The van der Waals surface area contributed by atoms with E-state index in [0.29, 0.717) is 11.3 Å². The number of phenols is 1. The molecule has 0 aromatic heterocycles. The first kappa shape index (κ1) is 13.8. The van der Waals surface area contributed by atoms with Crippen LogP contribution in [-0.4, -0.2) is 11.0 Å². The Kier molecular flexibility index (Phi) is 4.04. The summed E-state index contributed by atoms with van der Waals surface area (Å²) >= 11 is 2.05. The van der Waals surface area contributed by atoms with Gasteiger partial charge >= 0.3 is 0 Å². The van der Waals surface area contributed by atoms with Crippen molar-refractivity contribution in [3.05, 3.63) is 56.9 Å². The van der Waals surface area contributed by atoms with Crippen molar-refractivity contribution in [1.29, 1.82) is 0 Å². The van der Waals surface area contributed by atoms with E-state index in [1.54, 1.807) is 25.1 Å². The van der Waals surface area contributed by atoms with Gasteiger partial charge in [-0.25, -0.2) is 4.39 Å². The molecule has 0 spiro atoms. The summed E-state index contributed by atoms with van der Waals surface area (Å²) in [5.74, 6) is -0.991. The lowest BCUT2D eigenvalue weighted by molar-refractivity contribution is 0.102. The van der Waals surface area contributed by atoms with Gasteiger partial charge in [0.1, 0.15) is 11.6 Å². The van der Waals surface area contributed by atoms with Gasteiger partial charge in [-0.15, -0.1) is 0 Å². The highest BCUT2D eigenvalue weighted by Gasteiger charge is 2.12. The van der Waals surface area contributed by atoms with Gasteiger partial charge in [0.25, 0.3) is 5.91 Å². The third-order valence-corrected chi connectivity index (χ3v) is 3.17. The molecule has 0 aliphatic rings. The Morgan fingerprint density at radius 2 is 2.00 bits per heavy atom. The van der Waals surface area contributed by atoms with Crippen LogP contribution in [0.15, 0.2) is 36.4 Å². The SMILES string of the molecule is Cc1cc(F)cc(NC(=O)c2cc(I)ccc2O)c1. The Morgan fingerprint density at radius 3 is 2.68 bits per heavy atom. The van der Waals surface area contributed by atoms with Crippen molar-refractivity contribution < 1.29 is 14.3 Å². The fourth-order valence-electron chi connectivity index (χ4n) is 1.70. The second-order valence-electron chi connectivity index (χ2n) is 4.13. The lowest BCUT2D eigenvalue weighted by Gasteiger charge is -2.08. The number of amides is 1. The molecule has 3 nitrogen and oxygen atoms in total. The Bertz CT molecular complexity index is 623. The Labute approximate surface area is 123 Å². The van der Waals surface area contributed by atoms with E-state index in [-0.39, 0.29) is 11.3 Å². The van der Waals surface area contributed by atoms with Crippen LogP contribution in [0.4, 0.5) is 10.1 Å². The van der Waals surface area contributed by atoms with Crippen LogP contribution >= 0.6 is 22.6 Å². The van der Waals surface area contributed by atoms with Crippen molar-refractivity contribution in [2.24, 2.45) is 0 Å². The average Bonchev–Trinajstić information content (AvgIpc) is 2.30. The first-order chi connectivity index (χ1) is 8.95. The minimum absolute atomic E-state index is 0.106. The Balaban J connectivity index is 2.28. The zero-order chi connectivity index (χ0) is 14.0. The Hall–Kier alpha value is -1.63. The normalized spacial score (nSPS) is 10.3. The molecule has 2 aromatic rings. The quantitative estimate of drug-likeness (QED) is 0.792. The minimum atomic E-state index is -0.471. The molecule has 5 heteroatoms. The van der Waals surface area contributed by atoms with Gasteiger partial charge in [0.2, 0.25) is 0 Å². The monoisotopic (exact) mass is 371 g/mol.